The fourth-order valence-electron chi connectivity index (χ4n) is 4.04. The fraction of sp³-hybridized carbons (Fsp3) is 0.318. The predicted octanol–water partition coefficient (Wildman–Crippen LogP) is 3.27. The number of para-hydroxylation sites is 1. The van der Waals surface area contributed by atoms with Gasteiger partial charge in [0.15, 0.2) is 0 Å². The zero-order valence-electron chi connectivity index (χ0n) is 15.9. The Morgan fingerprint density at radius 2 is 1.83 bits per heavy atom. The van der Waals surface area contributed by atoms with Crippen LogP contribution in [0.3, 0.4) is 0 Å². The minimum absolute atomic E-state index is 0.116. The van der Waals surface area contributed by atoms with Crippen molar-refractivity contribution in [3.8, 4) is 0 Å². The van der Waals surface area contributed by atoms with Gasteiger partial charge in [-0.2, -0.15) is 0 Å². The van der Waals surface area contributed by atoms with Gasteiger partial charge in [-0.05, 0) is 61.9 Å². The van der Waals surface area contributed by atoms with Gasteiger partial charge in [0.1, 0.15) is 5.82 Å². The summed E-state index contributed by atoms with van der Waals surface area (Å²) in [6.45, 7) is 0.344. The van der Waals surface area contributed by atoms with Gasteiger partial charge in [-0.15, -0.1) is 0 Å². The molecule has 1 heterocycles. The Hall–Kier alpha value is -3.22. The number of aromatic amines is 1. The summed E-state index contributed by atoms with van der Waals surface area (Å²) in [7, 11) is 0. The van der Waals surface area contributed by atoms with Crippen molar-refractivity contribution in [2.24, 2.45) is 11.8 Å². The lowest BCUT2D eigenvalue weighted by Crippen LogP contribution is -2.38. The molecule has 1 aliphatic rings. The molecule has 2 N–H and O–H groups in total. The number of carbonyl (C=O) groups excluding carboxylic acids is 1. The maximum absolute atomic E-state index is 13.3. The van der Waals surface area contributed by atoms with Crippen LogP contribution in [0.1, 0.15) is 25.7 Å². The second-order valence-corrected chi connectivity index (χ2v) is 7.61. The molecule has 1 saturated carbocycles. The number of benzene rings is 2. The van der Waals surface area contributed by atoms with Crippen LogP contribution in [0.5, 0.6) is 0 Å². The van der Waals surface area contributed by atoms with E-state index in [-0.39, 0.29) is 23.3 Å². The highest BCUT2D eigenvalue weighted by atomic mass is 19.1. The van der Waals surface area contributed by atoms with Crippen molar-refractivity contribution < 1.29 is 9.18 Å². The van der Waals surface area contributed by atoms with Gasteiger partial charge in [0, 0.05) is 18.2 Å². The van der Waals surface area contributed by atoms with E-state index < -0.39 is 11.5 Å². The van der Waals surface area contributed by atoms with Crippen molar-refractivity contribution in [2.45, 2.75) is 32.2 Å². The monoisotopic (exact) mass is 395 g/mol. The highest BCUT2D eigenvalue weighted by Crippen LogP contribution is 2.30. The van der Waals surface area contributed by atoms with Gasteiger partial charge in [-0.3, -0.25) is 14.2 Å². The highest BCUT2D eigenvalue weighted by Gasteiger charge is 2.27. The number of amides is 1. The molecule has 1 aliphatic carbocycles. The molecule has 0 saturated heterocycles. The molecule has 6 nitrogen and oxygen atoms in total. The lowest BCUT2D eigenvalue weighted by atomic mass is 9.81. The number of rotatable bonds is 4. The number of nitrogens with zero attached hydrogens (tertiary/aromatic N) is 1. The number of fused-ring (bicyclic) bond motifs is 1. The van der Waals surface area contributed by atoms with Crippen molar-refractivity contribution in [3.63, 3.8) is 0 Å². The molecule has 0 unspecified atom stereocenters. The Morgan fingerprint density at radius 1 is 1.07 bits per heavy atom. The largest absolute Gasteiger partial charge is 0.328 e. The fourth-order valence-corrected chi connectivity index (χ4v) is 4.04. The van der Waals surface area contributed by atoms with Gasteiger partial charge in [-0.1, -0.05) is 18.2 Å². The summed E-state index contributed by atoms with van der Waals surface area (Å²) in [5.41, 5.74) is 0.304. The molecule has 0 atom stereocenters. The van der Waals surface area contributed by atoms with Gasteiger partial charge in [0.25, 0.3) is 5.56 Å². The van der Waals surface area contributed by atoms with Gasteiger partial charge in [-0.25, -0.2) is 9.18 Å². The summed E-state index contributed by atoms with van der Waals surface area (Å²) in [5.74, 6) is -0.498. The molecule has 2 aromatic carbocycles. The molecule has 0 bridgehead atoms. The molecule has 0 spiro atoms. The molecular weight excluding hydrogens is 373 g/mol. The van der Waals surface area contributed by atoms with E-state index in [9.17, 15) is 18.8 Å². The quantitative estimate of drug-likeness (QED) is 0.711. The summed E-state index contributed by atoms with van der Waals surface area (Å²) in [4.78, 5) is 40.2. The van der Waals surface area contributed by atoms with E-state index in [0.717, 1.165) is 12.8 Å². The Balaban J connectivity index is 1.40. The molecule has 1 fully saturated rings. The summed E-state index contributed by atoms with van der Waals surface area (Å²) < 4.78 is 14.5. The molecule has 0 aliphatic heterocycles. The van der Waals surface area contributed by atoms with E-state index in [1.807, 2.05) is 0 Å². The van der Waals surface area contributed by atoms with Crippen LogP contribution in [0.25, 0.3) is 10.9 Å². The SMILES string of the molecule is O=C(Nc1cccc(F)c1)C1CCC(Cn2c(=O)[nH]c3ccccc3c2=O)CC1. The zero-order valence-corrected chi connectivity index (χ0v) is 15.9. The van der Waals surface area contributed by atoms with Crippen LogP contribution in [0.4, 0.5) is 10.1 Å². The van der Waals surface area contributed by atoms with Gasteiger partial charge >= 0.3 is 5.69 Å². The first-order chi connectivity index (χ1) is 14.0. The Labute approximate surface area is 166 Å². The minimum Gasteiger partial charge on any atom is -0.326 e. The van der Waals surface area contributed by atoms with Crippen molar-refractivity contribution in [2.75, 3.05) is 5.32 Å². The first-order valence-corrected chi connectivity index (χ1v) is 9.79. The number of H-pyrrole nitrogens is 1. The number of anilines is 1. The number of nitrogens with one attached hydrogen (secondary N) is 2. The molecule has 3 aromatic rings. The van der Waals surface area contributed by atoms with E-state index in [4.69, 9.17) is 0 Å². The Bertz CT molecular complexity index is 1160. The average molecular weight is 395 g/mol. The molecule has 4 rings (SSSR count). The summed E-state index contributed by atoms with van der Waals surface area (Å²) >= 11 is 0. The Kier molecular flexibility index (Phi) is 5.29. The lowest BCUT2D eigenvalue weighted by molar-refractivity contribution is -0.121. The standard InChI is InChI=1S/C22H22FN3O3/c23-16-4-3-5-17(12-16)24-20(27)15-10-8-14(9-11-15)13-26-21(28)18-6-1-2-7-19(18)25-22(26)29/h1-7,12,14-15H,8-11,13H2,(H,24,27)(H,25,29). The van der Waals surface area contributed by atoms with Crippen LogP contribution in [-0.4, -0.2) is 15.5 Å². The highest BCUT2D eigenvalue weighted by molar-refractivity contribution is 5.92. The molecule has 1 aromatic heterocycles. The molecule has 1 amide bonds. The number of aromatic nitrogens is 2. The number of carbonyl (C=O) groups is 1. The normalized spacial score (nSPS) is 19.2. The number of hydrogen-bond donors (Lipinski definition) is 2. The Morgan fingerprint density at radius 3 is 2.59 bits per heavy atom. The number of hydrogen-bond acceptors (Lipinski definition) is 3. The van der Waals surface area contributed by atoms with E-state index in [1.54, 1.807) is 36.4 Å². The molecular formula is C22H22FN3O3. The third kappa shape index (κ3) is 4.13. The van der Waals surface area contributed by atoms with E-state index in [2.05, 4.69) is 10.3 Å². The van der Waals surface area contributed by atoms with Crippen LogP contribution >= 0.6 is 0 Å². The van der Waals surface area contributed by atoms with Crippen LogP contribution in [0.15, 0.2) is 58.1 Å². The van der Waals surface area contributed by atoms with Crippen LogP contribution in [-0.2, 0) is 11.3 Å². The smallest absolute Gasteiger partial charge is 0.326 e. The van der Waals surface area contributed by atoms with E-state index in [0.29, 0.717) is 36.0 Å². The van der Waals surface area contributed by atoms with Gasteiger partial charge < -0.3 is 10.3 Å². The van der Waals surface area contributed by atoms with Crippen molar-refractivity contribution in [1.29, 1.82) is 0 Å². The maximum atomic E-state index is 13.3. The zero-order chi connectivity index (χ0) is 20.4. The van der Waals surface area contributed by atoms with Gasteiger partial charge in [0.05, 0.1) is 10.9 Å². The van der Waals surface area contributed by atoms with Crippen molar-refractivity contribution in [1.82, 2.24) is 9.55 Å². The molecule has 7 heteroatoms. The second kappa shape index (κ2) is 8.03. The van der Waals surface area contributed by atoms with Crippen LogP contribution < -0.4 is 16.6 Å². The minimum atomic E-state index is -0.403. The topological polar surface area (TPSA) is 84.0 Å². The van der Waals surface area contributed by atoms with Crippen molar-refractivity contribution in [3.05, 3.63) is 75.2 Å². The maximum Gasteiger partial charge on any atom is 0.328 e. The summed E-state index contributed by atoms with van der Waals surface area (Å²) in [6.07, 6.45) is 2.85. The van der Waals surface area contributed by atoms with E-state index >= 15 is 0 Å². The first kappa shape index (κ1) is 19.1. The molecule has 150 valence electrons. The lowest BCUT2D eigenvalue weighted by Gasteiger charge is -2.28. The van der Waals surface area contributed by atoms with Crippen LogP contribution in [0.2, 0.25) is 0 Å². The summed E-state index contributed by atoms with van der Waals surface area (Å²) in [5, 5.41) is 3.26. The van der Waals surface area contributed by atoms with Crippen molar-refractivity contribution >= 4 is 22.5 Å². The molecule has 29 heavy (non-hydrogen) atoms. The third-order valence-electron chi connectivity index (χ3n) is 5.64. The summed E-state index contributed by atoms with van der Waals surface area (Å²) in [6, 6.07) is 12.8. The van der Waals surface area contributed by atoms with Crippen LogP contribution in [0, 0.1) is 17.7 Å². The molecule has 0 radical (unpaired) electrons. The van der Waals surface area contributed by atoms with E-state index in [1.165, 1.54) is 16.7 Å². The first-order valence-electron chi connectivity index (χ1n) is 9.79. The van der Waals surface area contributed by atoms with Gasteiger partial charge in [0.2, 0.25) is 5.91 Å². The average Bonchev–Trinajstić information content (AvgIpc) is 2.71. The third-order valence-corrected chi connectivity index (χ3v) is 5.64. The number of halogens is 1. The second-order valence-electron chi connectivity index (χ2n) is 7.61. The predicted molar refractivity (Wildman–Crippen MR) is 109 cm³/mol.